The summed E-state index contributed by atoms with van der Waals surface area (Å²) in [5.74, 6) is 2.65. The zero-order valence-corrected chi connectivity index (χ0v) is 36.7. The molecule has 0 spiro atoms. The van der Waals surface area contributed by atoms with Crippen molar-refractivity contribution in [3.63, 3.8) is 0 Å². The second-order valence-corrected chi connectivity index (χ2v) is 21.6. The van der Waals surface area contributed by atoms with Crippen LogP contribution in [0.15, 0.2) is 17.0 Å². The second-order valence-electron chi connectivity index (χ2n) is 17.4. The minimum absolute atomic E-state index is 0.0676. The molecule has 0 N–H and O–H groups in total. The van der Waals surface area contributed by atoms with Crippen LogP contribution in [0.5, 0.6) is 0 Å². The van der Waals surface area contributed by atoms with Crippen molar-refractivity contribution in [3.05, 3.63) is 38.6 Å². The molecule has 2 unspecified atom stereocenters. The van der Waals surface area contributed by atoms with Gasteiger partial charge in [0.25, 0.3) is 11.8 Å². The lowest BCUT2D eigenvalue weighted by Gasteiger charge is -2.23. The molecule has 0 bridgehead atoms. The first-order valence-electron chi connectivity index (χ1n) is 20.2. The summed E-state index contributed by atoms with van der Waals surface area (Å²) in [5.41, 5.74) is 2.70. The highest BCUT2D eigenvalue weighted by Crippen LogP contribution is 2.55. The SMILES string of the molecule is CCCCC(CC)CSc1cc(C(C)(C)C)sc1-c1sc(-c2sc(C(C)(C)C)c3c2C(=O)N(CC(CC)CCCC)C3=O)cc1C1CCCCC1. The maximum atomic E-state index is 14.5. The monoisotopic (exact) mass is 767 g/mol. The average molecular weight is 768 g/mol. The van der Waals surface area contributed by atoms with Gasteiger partial charge in [-0.1, -0.05) is 127 Å². The van der Waals surface area contributed by atoms with Crippen LogP contribution < -0.4 is 0 Å². The van der Waals surface area contributed by atoms with Gasteiger partial charge in [0, 0.05) is 36.7 Å². The van der Waals surface area contributed by atoms with E-state index in [0.29, 0.717) is 29.5 Å². The molecule has 3 aromatic rings. The van der Waals surface area contributed by atoms with Crippen LogP contribution in [0, 0.1) is 11.8 Å². The molecule has 1 saturated carbocycles. The molecule has 4 heterocycles. The third-order valence-electron chi connectivity index (χ3n) is 11.2. The minimum atomic E-state index is -0.232. The van der Waals surface area contributed by atoms with Crippen molar-refractivity contribution < 1.29 is 9.59 Å². The molecule has 1 fully saturated rings. The number of nitrogens with zero attached hydrogens (tertiary/aromatic N) is 1. The van der Waals surface area contributed by atoms with Crippen LogP contribution in [0.25, 0.3) is 19.5 Å². The number of carbonyl (C=O) groups is 2. The Balaban J connectivity index is 1.64. The molecule has 1 aliphatic heterocycles. The Morgan fingerprint density at radius 3 is 1.96 bits per heavy atom. The zero-order chi connectivity index (χ0) is 37.1. The number of hydrogen-bond donors (Lipinski definition) is 0. The standard InChI is InChI=1S/C44H65NO2S4/c1-11-15-20-28(13-3)26-45-41(46)35-36(42(45)47)40(44(8,9)10)51-38(35)33-24-31(30-22-18-17-19-23-30)37(49-33)39-32(25-34(50-39)43(5,6)7)48-27-29(14-4)21-16-12-2/h24-25,28-30H,11-23,26-27H2,1-10H3. The lowest BCUT2D eigenvalue weighted by molar-refractivity contribution is 0.0623. The van der Waals surface area contributed by atoms with Crippen LogP contribution in [0.3, 0.4) is 0 Å². The molecule has 2 amide bonds. The van der Waals surface area contributed by atoms with Gasteiger partial charge in [0.05, 0.1) is 20.9 Å². The summed E-state index contributed by atoms with van der Waals surface area (Å²) < 4.78 is 0. The fraction of sp³-hybridized carbons (Fsp3) is 0.682. The first-order valence-corrected chi connectivity index (χ1v) is 23.6. The summed E-state index contributed by atoms with van der Waals surface area (Å²) in [4.78, 5) is 39.3. The zero-order valence-electron chi connectivity index (χ0n) is 33.4. The van der Waals surface area contributed by atoms with Crippen LogP contribution in [0.4, 0.5) is 0 Å². The number of imide groups is 1. The van der Waals surface area contributed by atoms with E-state index in [9.17, 15) is 9.59 Å². The summed E-state index contributed by atoms with van der Waals surface area (Å²) in [6.07, 6.45) is 15.8. The van der Waals surface area contributed by atoms with Crippen molar-refractivity contribution in [2.24, 2.45) is 11.8 Å². The Morgan fingerprint density at radius 1 is 0.745 bits per heavy atom. The van der Waals surface area contributed by atoms with Gasteiger partial charge >= 0.3 is 0 Å². The third-order valence-corrected chi connectivity index (χ3v) is 17.3. The number of fused-ring (bicyclic) bond motifs is 1. The maximum Gasteiger partial charge on any atom is 0.263 e. The van der Waals surface area contributed by atoms with Gasteiger partial charge in [-0.05, 0) is 72.0 Å². The Labute approximate surface area is 326 Å². The predicted molar refractivity (Wildman–Crippen MR) is 227 cm³/mol. The molecule has 0 saturated heterocycles. The van der Waals surface area contributed by atoms with Crippen molar-refractivity contribution in [1.82, 2.24) is 4.90 Å². The van der Waals surface area contributed by atoms with E-state index in [0.717, 1.165) is 47.1 Å². The number of thioether (sulfide) groups is 1. The molecule has 1 aliphatic carbocycles. The molecule has 0 aromatic carbocycles. The summed E-state index contributed by atoms with van der Waals surface area (Å²) in [7, 11) is 0. The number of rotatable bonds is 16. The molecule has 3 nitrogen and oxygen atoms in total. The van der Waals surface area contributed by atoms with E-state index in [1.807, 2.05) is 22.7 Å². The number of carbonyl (C=O) groups excluding carboxylic acids is 2. The number of thiophene rings is 3. The van der Waals surface area contributed by atoms with Gasteiger partial charge in [-0.15, -0.1) is 45.8 Å². The van der Waals surface area contributed by atoms with Crippen LogP contribution in [0.1, 0.15) is 195 Å². The Bertz CT molecular complexity index is 1640. The van der Waals surface area contributed by atoms with Gasteiger partial charge in [-0.2, -0.15) is 0 Å². The number of amides is 2. The highest BCUT2D eigenvalue weighted by atomic mass is 32.2. The summed E-state index contributed by atoms with van der Waals surface area (Å²) in [6.45, 7) is 23.2. The van der Waals surface area contributed by atoms with Gasteiger partial charge in [-0.3, -0.25) is 14.5 Å². The van der Waals surface area contributed by atoms with Crippen molar-refractivity contribution in [2.45, 2.75) is 174 Å². The Morgan fingerprint density at radius 2 is 1.37 bits per heavy atom. The molecule has 2 aliphatic rings. The maximum absolute atomic E-state index is 14.5. The number of unbranched alkanes of at least 4 members (excludes halogenated alkanes) is 2. The largest absolute Gasteiger partial charge is 0.274 e. The fourth-order valence-electron chi connectivity index (χ4n) is 7.77. The lowest BCUT2D eigenvalue weighted by atomic mass is 9.84. The van der Waals surface area contributed by atoms with Crippen molar-refractivity contribution in [3.8, 4) is 19.5 Å². The average Bonchev–Trinajstić information content (AvgIpc) is 3.87. The highest BCUT2D eigenvalue weighted by molar-refractivity contribution is 7.99. The molecule has 51 heavy (non-hydrogen) atoms. The fourth-order valence-corrected chi connectivity index (χ4v) is 13.4. The number of hydrogen-bond acceptors (Lipinski definition) is 6. The first kappa shape index (κ1) is 40.8. The van der Waals surface area contributed by atoms with Gasteiger partial charge in [0.1, 0.15) is 0 Å². The van der Waals surface area contributed by atoms with E-state index < -0.39 is 0 Å². The molecule has 282 valence electrons. The van der Waals surface area contributed by atoms with Crippen LogP contribution in [-0.2, 0) is 10.8 Å². The smallest absolute Gasteiger partial charge is 0.263 e. The predicted octanol–water partition coefficient (Wildman–Crippen LogP) is 15.0. The first-order chi connectivity index (χ1) is 24.2. The third kappa shape index (κ3) is 9.11. The summed E-state index contributed by atoms with van der Waals surface area (Å²) in [6, 6.07) is 4.97. The molecular formula is C44H65NO2S4. The van der Waals surface area contributed by atoms with Crippen LogP contribution in [-0.4, -0.2) is 29.0 Å². The summed E-state index contributed by atoms with van der Waals surface area (Å²) in [5, 5.41) is 0. The molecule has 3 aromatic heterocycles. The van der Waals surface area contributed by atoms with Crippen molar-refractivity contribution >= 4 is 57.6 Å². The topological polar surface area (TPSA) is 37.4 Å². The van der Waals surface area contributed by atoms with Crippen molar-refractivity contribution in [1.29, 1.82) is 0 Å². The van der Waals surface area contributed by atoms with E-state index in [1.165, 1.54) is 87.8 Å². The summed E-state index contributed by atoms with van der Waals surface area (Å²) >= 11 is 7.69. The Kier molecular flexibility index (Phi) is 13.9. The van der Waals surface area contributed by atoms with Gasteiger partial charge in [-0.25, -0.2) is 0 Å². The van der Waals surface area contributed by atoms with E-state index in [4.69, 9.17) is 0 Å². The van der Waals surface area contributed by atoms with E-state index in [-0.39, 0.29) is 22.6 Å². The highest BCUT2D eigenvalue weighted by Gasteiger charge is 2.45. The quantitative estimate of drug-likeness (QED) is 0.108. The molecule has 2 atom stereocenters. The van der Waals surface area contributed by atoms with Crippen molar-refractivity contribution in [2.75, 3.05) is 12.3 Å². The van der Waals surface area contributed by atoms with Crippen LogP contribution in [0.2, 0.25) is 0 Å². The van der Waals surface area contributed by atoms with E-state index >= 15 is 0 Å². The molecule has 0 radical (unpaired) electrons. The van der Waals surface area contributed by atoms with Gasteiger partial charge in [0.2, 0.25) is 0 Å². The molecular weight excluding hydrogens is 703 g/mol. The minimum Gasteiger partial charge on any atom is -0.274 e. The van der Waals surface area contributed by atoms with E-state index in [1.54, 1.807) is 16.2 Å². The lowest BCUT2D eigenvalue weighted by Crippen LogP contribution is -2.35. The van der Waals surface area contributed by atoms with Gasteiger partial charge < -0.3 is 0 Å². The van der Waals surface area contributed by atoms with Crippen LogP contribution >= 0.6 is 45.8 Å². The Hall–Kier alpha value is -1.41. The van der Waals surface area contributed by atoms with E-state index in [2.05, 4.69) is 93.1 Å². The molecule has 7 heteroatoms. The second kappa shape index (κ2) is 17.4. The normalized spacial score (nSPS) is 17.1. The van der Waals surface area contributed by atoms with Gasteiger partial charge in [0.15, 0.2) is 0 Å². The molecule has 5 rings (SSSR count).